The summed E-state index contributed by atoms with van der Waals surface area (Å²) < 4.78 is 10.00. The van der Waals surface area contributed by atoms with Gasteiger partial charge in [-0.2, -0.15) is 0 Å². The Balaban J connectivity index is 0.00000162. The molecule has 6 heteroatoms. The molecule has 1 aromatic rings. The van der Waals surface area contributed by atoms with Crippen molar-refractivity contribution in [3.05, 3.63) is 23.7 Å². The van der Waals surface area contributed by atoms with Crippen molar-refractivity contribution >= 4 is 18.4 Å². The normalized spacial score (nSPS) is 23.7. The molecule has 1 aliphatic rings. The van der Waals surface area contributed by atoms with E-state index in [1.807, 2.05) is 0 Å². The van der Waals surface area contributed by atoms with Gasteiger partial charge in [-0.15, -0.1) is 12.4 Å². The Hall–Kier alpha value is -1.04. The van der Waals surface area contributed by atoms with Crippen LogP contribution >= 0.6 is 12.4 Å². The van der Waals surface area contributed by atoms with Crippen molar-refractivity contribution < 1.29 is 13.9 Å². The Morgan fingerprint density at radius 2 is 2.28 bits per heavy atom. The van der Waals surface area contributed by atoms with Gasteiger partial charge in [-0.25, -0.2) is 4.79 Å². The summed E-state index contributed by atoms with van der Waals surface area (Å²) in [7, 11) is 1.34. The zero-order valence-electron chi connectivity index (χ0n) is 10.6. The van der Waals surface area contributed by atoms with E-state index in [1.54, 1.807) is 12.1 Å². The maximum absolute atomic E-state index is 11.2. The van der Waals surface area contributed by atoms with Gasteiger partial charge in [0.05, 0.1) is 13.7 Å². The lowest BCUT2D eigenvalue weighted by atomic mass is 10.1. The highest BCUT2D eigenvalue weighted by Crippen LogP contribution is 2.18. The summed E-state index contributed by atoms with van der Waals surface area (Å²) in [6.45, 7) is 4.67. The van der Waals surface area contributed by atoms with Gasteiger partial charge in [0.15, 0.2) is 0 Å². The summed E-state index contributed by atoms with van der Waals surface area (Å²) in [6, 6.07) is 3.67. The molecule has 2 heterocycles. The summed E-state index contributed by atoms with van der Waals surface area (Å²) in [5, 5.41) is 0. The molecule has 102 valence electrons. The van der Waals surface area contributed by atoms with Gasteiger partial charge in [-0.1, -0.05) is 6.92 Å². The van der Waals surface area contributed by atoms with Gasteiger partial charge in [0.25, 0.3) is 0 Å². The highest BCUT2D eigenvalue weighted by atomic mass is 35.5. The Morgan fingerprint density at radius 3 is 2.83 bits per heavy atom. The minimum absolute atomic E-state index is 0. The first-order chi connectivity index (χ1) is 8.10. The molecule has 1 aromatic heterocycles. The number of methoxy groups -OCH3 is 1. The monoisotopic (exact) mass is 274 g/mol. The fourth-order valence-corrected chi connectivity index (χ4v) is 2.12. The Morgan fingerprint density at radius 1 is 1.56 bits per heavy atom. The van der Waals surface area contributed by atoms with Gasteiger partial charge in [0, 0.05) is 19.1 Å². The molecule has 2 rings (SSSR count). The quantitative estimate of drug-likeness (QED) is 0.841. The van der Waals surface area contributed by atoms with Gasteiger partial charge in [0.1, 0.15) is 5.76 Å². The number of nitrogens with zero attached hydrogens (tertiary/aromatic N) is 1. The molecular formula is C12H19ClN2O3. The molecule has 0 aliphatic carbocycles. The van der Waals surface area contributed by atoms with E-state index in [0.717, 1.165) is 18.8 Å². The van der Waals surface area contributed by atoms with Crippen LogP contribution in [-0.2, 0) is 11.3 Å². The molecule has 0 aromatic carbocycles. The zero-order valence-corrected chi connectivity index (χ0v) is 11.4. The second-order valence-electron chi connectivity index (χ2n) is 4.59. The molecule has 0 spiro atoms. The van der Waals surface area contributed by atoms with Gasteiger partial charge in [-0.05, 0) is 18.1 Å². The molecule has 0 radical (unpaired) electrons. The van der Waals surface area contributed by atoms with Crippen molar-refractivity contribution in [2.45, 2.75) is 19.5 Å². The van der Waals surface area contributed by atoms with Crippen LogP contribution in [0.2, 0.25) is 0 Å². The lowest BCUT2D eigenvalue weighted by molar-refractivity contribution is 0.0561. The Bertz CT molecular complexity index is 398. The Kier molecular flexibility index (Phi) is 5.19. The van der Waals surface area contributed by atoms with Crippen LogP contribution in [0, 0.1) is 5.92 Å². The number of nitrogens with two attached hydrogens (primary N) is 1. The summed E-state index contributed by atoms with van der Waals surface area (Å²) >= 11 is 0. The van der Waals surface area contributed by atoms with Crippen molar-refractivity contribution in [3.8, 4) is 0 Å². The molecule has 0 bridgehead atoms. The summed E-state index contributed by atoms with van der Waals surface area (Å²) in [5.41, 5.74) is 5.95. The van der Waals surface area contributed by atoms with Crippen molar-refractivity contribution in [2.24, 2.45) is 11.7 Å². The van der Waals surface area contributed by atoms with Crippen molar-refractivity contribution in [2.75, 3.05) is 20.2 Å². The topological polar surface area (TPSA) is 68.7 Å². The molecule has 1 saturated heterocycles. The average molecular weight is 275 g/mol. The highest BCUT2D eigenvalue weighted by molar-refractivity contribution is 5.86. The second-order valence-corrected chi connectivity index (χ2v) is 4.59. The molecule has 0 saturated carbocycles. The number of halogens is 1. The molecule has 2 unspecified atom stereocenters. The summed E-state index contributed by atoms with van der Waals surface area (Å²) in [5.74, 6) is 1.08. The number of carbonyl (C=O) groups excluding carboxylic acids is 1. The predicted molar refractivity (Wildman–Crippen MR) is 69.7 cm³/mol. The van der Waals surface area contributed by atoms with Gasteiger partial charge in [0.2, 0.25) is 5.76 Å². The van der Waals surface area contributed by atoms with Crippen molar-refractivity contribution in [3.63, 3.8) is 0 Å². The van der Waals surface area contributed by atoms with E-state index in [2.05, 4.69) is 16.6 Å². The first kappa shape index (κ1) is 15.0. The molecule has 2 atom stereocenters. The standard InChI is InChI=1S/C12H18N2O3.ClH/c1-8-5-14(7-10(8)13)6-9-3-4-11(17-9)12(15)16-2;/h3-4,8,10H,5-7,13H2,1-2H3;1H. The number of ether oxygens (including phenoxy) is 1. The fraction of sp³-hybridized carbons (Fsp3) is 0.583. The van der Waals surface area contributed by atoms with Gasteiger partial charge < -0.3 is 14.9 Å². The third-order valence-electron chi connectivity index (χ3n) is 3.17. The van der Waals surface area contributed by atoms with E-state index in [-0.39, 0.29) is 24.2 Å². The zero-order chi connectivity index (χ0) is 12.4. The fourth-order valence-electron chi connectivity index (χ4n) is 2.12. The van der Waals surface area contributed by atoms with Gasteiger partial charge >= 0.3 is 5.97 Å². The van der Waals surface area contributed by atoms with Crippen LogP contribution < -0.4 is 5.73 Å². The van der Waals surface area contributed by atoms with E-state index in [1.165, 1.54) is 7.11 Å². The van der Waals surface area contributed by atoms with Crippen LogP contribution in [0.4, 0.5) is 0 Å². The van der Waals surface area contributed by atoms with Crippen LogP contribution in [0.25, 0.3) is 0 Å². The van der Waals surface area contributed by atoms with E-state index >= 15 is 0 Å². The predicted octanol–water partition coefficient (Wildman–Crippen LogP) is 1.27. The van der Waals surface area contributed by atoms with Crippen molar-refractivity contribution in [1.82, 2.24) is 4.90 Å². The maximum Gasteiger partial charge on any atom is 0.373 e. The van der Waals surface area contributed by atoms with E-state index in [0.29, 0.717) is 12.5 Å². The van der Waals surface area contributed by atoms with E-state index in [9.17, 15) is 4.79 Å². The average Bonchev–Trinajstić information content (AvgIpc) is 2.87. The molecule has 5 nitrogen and oxygen atoms in total. The van der Waals surface area contributed by atoms with E-state index < -0.39 is 5.97 Å². The molecule has 2 N–H and O–H groups in total. The lowest BCUT2D eigenvalue weighted by Crippen LogP contribution is -2.28. The molecular weight excluding hydrogens is 256 g/mol. The Labute approximate surface area is 113 Å². The summed E-state index contributed by atoms with van der Waals surface area (Å²) in [6.07, 6.45) is 0. The molecule has 1 aliphatic heterocycles. The first-order valence-corrected chi connectivity index (χ1v) is 5.75. The van der Waals surface area contributed by atoms with Gasteiger partial charge in [-0.3, -0.25) is 4.90 Å². The molecule has 18 heavy (non-hydrogen) atoms. The second kappa shape index (κ2) is 6.22. The first-order valence-electron chi connectivity index (χ1n) is 5.75. The maximum atomic E-state index is 11.2. The summed E-state index contributed by atoms with van der Waals surface area (Å²) in [4.78, 5) is 13.4. The number of hydrogen-bond acceptors (Lipinski definition) is 5. The van der Waals surface area contributed by atoms with E-state index in [4.69, 9.17) is 10.2 Å². The number of esters is 1. The van der Waals surface area contributed by atoms with Crippen LogP contribution in [0.3, 0.4) is 0 Å². The third-order valence-corrected chi connectivity index (χ3v) is 3.17. The highest BCUT2D eigenvalue weighted by Gasteiger charge is 2.27. The molecule has 0 amide bonds. The minimum atomic E-state index is -0.442. The van der Waals surface area contributed by atoms with Crippen LogP contribution in [-0.4, -0.2) is 37.1 Å². The van der Waals surface area contributed by atoms with Crippen molar-refractivity contribution in [1.29, 1.82) is 0 Å². The number of likely N-dealkylation sites (tertiary alicyclic amines) is 1. The minimum Gasteiger partial charge on any atom is -0.463 e. The largest absolute Gasteiger partial charge is 0.463 e. The SMILES string of the molecule is COC(=O)c1ccc(CN2CC(C)C(N)C2)o1.Cl. The number of rotatable bonds is 3. The number of hydrogen-bond donors (Lipinski definition) is 1. The third kappa shape index (κ3) is 3.25. The van der Waals surface area contributed by atoms with Crippen LogP contribution in [0.15, 0.2) is 16.5 Å². The van der Waals surface area contributed by atoms with Crippen LogP contribution in [0.1, 0.15) is 23.2 Å². The van der Waals surface area contributed by atoms with Crippen LogP contribution in [0.5, 0.6) is 0 Å². The smallest absolute Gasteiger partial charge is 0.373 e. The number of carbonyl (C=O) groups is 1. The number of furan rings is 1. The lowest BCUT2D eigenvalue weighted by Gasteiger charge is -2.12. The molecule has 1 fully saturated rings.